The van der Waals surface area contributed by atoms with Crippen LogP contribution in [0.3, 0.4) is 0 Å². The Hall–Kier alpha value is 0.137. The summed E-state index contributed by atoms with van der Waals surface area (Å²) in [7, 11) is -1.32. The Morgan fingerprint density at radius 1 is 1.55 bits per heavy atom. The third-order valence-corrected chi connectivity index (χ3v) is 4.48. The minimum Gasteiger partial charge on any atom is -0.393 e. The molecule has 1 aliphatic heterocycles. The lowest BCUT2D eigenvalue weighted by Gasteiger charge is -2.33. The van der Waals surface area contributed by atoms with E-state index in [2.05, 4.69) is 13.1 Å². The van der Waals surface area contributed by atoms with Crippen LogP contribution < -0.4 is 0 Å². The predicted octanol–water partition coefficient (Wildman–Crippen LogP) is 2.36. The van der Waals surface area contributed by atoms with E-state index in [0.717, 1.165) is 13.0 Å². The smallest absolute Gasteiger partial charge is 0.190 e. The van der Waals surface area contributed by atoms with Crippen molar-refractivity contribution < 1.29 is 9.16 Å². The van der Waals surface area contributed by atoms with E-state index >= 15 is 0 Å². The Morgan fingerprint density at radius 2 is 2.27 bits per heavy atom. The Balaban J connectivity index is 2.34. The van der Waals surface area contributed by atoms with Gasteiger partial charge in [0, 0.05) is 6.61 Å². The van der Waals surface area contributed by atoms with Crippen molar-refractivity contribution in [1.82, 2.24) is 0 Å². The zero-order chi connectivity index (χ0) is 8.32. The summed E-state index contributed by atoms with van der Waals surface area (Å²) in [5.74, 6) is 0. The van der Waals surface area contributed by atoms with Crippen LogP contribution >= 0.6 is 0 Å². The summed E-state index contributed by atoms with van der Waals surface area (Å²) >= 11 is 0. The second kappa shape index (κ2) is 3.69. The number of ether oxygens (including phenoxy) is 1. The van der Waals surface area contributed by atoms with Crippen LogP contribution in [0.25, 0.3) is 0 Å². The van der Waals surface area contributed by atoms with Crippen LogP contribution in [0.1, 0.15) is 19.8 Å². The first kappa shape index (κ1) is 9.23. The van der Waals surface area contributed by atoms with Crippen molar-refractivity contribution in [3.05, 3.63) is 0 Å². The maximum absolute atomic E-state index is 5.83. The van der Waals surface area contributed by atoms with Crippen molar-refractivity contribution in [2.45, 2.75) is 45.2 Å². The van der Waals surface area contributed by atoms with Gasteiger partial charge in [-0.3, -0.25) is 0 Å². The molecule has 1 fully saturated rings. The molecule has 1 rings (SSSR count). The van der Waals surface area contributed by atoms with Gasteiger partial charge in [0.25, 0.3) is 0 Å². The van der Waals surface area contributed by atoms with E-state index < -0.39 is 8.32 Å². The van der Waals surface area contributed by atoms with E-state index in [1.807, 2.05) is 6.92 Å². The molecule has 0 bridgehead atoms. The van der Waals surface area contributed by atoms with Crippen LogP contribution in [-0.4, -0.2) is 21.2 Å². The van der Waals surface area contributed by atoms with Crippen molar-refractivity contribution in [2.24, 2.45) is 0 Å². The van der Waals surface area contributed by atoms with Gasteiger partial charge in [0.2, 0.25) is 0 Å². The van der Waals surface area contributed by atoms with Crippen LogP contribution in [0.4, 0.5) is 0 Å². The Labute approximate surface area is 70.0 Å². The molecule has 0 spiro atoms. The molecule has 0 aromatic carbocycles. The molecular weight excluding hydrogens is 156 g/mol. The first-order valence-corrected chi connectivity index (χ1v) is 7.55. The van der Waals surface area contributed by atoms with Gasteiger partial charge in [0.1, 0.15) is 6.29 Å². The van der Waals surface area contributed by atoms with Crippen molar-refractivity contribution >= 4 is 8.32 Å². The molecule has 0 N–H and O–H groups in total. The number of hydrogen-bond acceptors (Lipinski definition) is 2. The highest BCUT2D eigenvalue weighted by Crippen LogP contribution is 2.25. The molecule has 0 saturated carbocycles. The van der Waals surface area contributed by atoms with Gasteiger partial charge >= 0.3 is 0 Å². The maximum Gasteiger partial charge on any atom is 0.190 e. The molecule has 1 saturated heterocycles. The lowest BCUT2D eigenvalue weighted by atomic mass is 10.3. The van der Waals surface area contributed by atoms with Crippen molar-refractivity contribution in [1.29, 1.82) is 0 Å². The zero-order valence-corrected chi connectivity index (χ0v) is 8.72. The summed E-state index contributed by atoms with van der Waals surface area (Å²) in [5.41, 5.74) is 0. The normalized spacial score (nSPS) is 30.3. The molecule has 1 aliphatic rings. The van der Waals surface area contributed by atoms with Gasteiger partial charge in [0.15, 0.2) is 8.32 Å². The van der Waals surface area contributed by atoms with Crippen LogP contribution in [0, 0.1) is 0 Å². The molecule has 0 radical (unpaired) electrons. The van der Waals surface area contributed by atoms with Crippen LogP contribution in [0.5, 0.6) is 0 Å². The summed E-state index contributed by atoms with van der Waals surface area (Å²) in [6.07, 6.45) is 2.48. The highest BCUT2D eigenvalue weighted by Gasteiger charge is 2.30. The van der Waals surface area contributed by atoms with Crippen molar-refractivity contribution in [3.8, 4) is 0 Å². The highest BCUT2D eigenvalue weighted by atomic mass is 28.4. The van der Waals surface area contributed by atoms with Gasteiger partial charge in [-0.1, -0.05) is 0 Å². The van der Waals surface area contributed by atoms with Gasteiger partial charge in [-0.25, -0.2) is 0 Å². The molecule has 11 heavy (non-hydrogen) atoms. The van der Waals surface area contributed by atoms with Gasteiger partial charge in [-0.05, 0) is 38.9 Å². The van der Waals surface area contributed by atoms with Crippen molar-refractivity contribution in [3.63, 3.8) is 0 Å². The lowest BCUT2D eigenvalue weighted by Crippen LogP contribution is -2.40. The fraction of sp³-hybridized carbons (Fsp3) is 1.00. The summed E-state index contributed by atoms with van der Waals surface area (Å²) < 4.78 is 11.3. The van der Waals surface area contributed by atoms with E-state index in [-0.39, 0.29) is 6.29 Å². The van der Waals surface area contributed by atoms with E-state index in [1.54, 1.807) is 0 Å². The summed E-state index contributed by atoms with van der Waals surface area (Å²) in [5, 5.41) is 0. The summed E-state index contributed by atoms with van der Waals surface area (Å²) in [4.78, 5) is 0. The highest BCUT2D eigenvalue weighted by molar-refractivity contribution is 6.71. The summed E-state index contributed by atoms with van der Waals surface area (Å²) in [6, 6.07) is 1.29. The van der Waals surface area contributed by atoms with Gasteiger partial charge < -0.3 is 9.16 Å². The van der Waals surface area contributed by atoms with E-state index in [4.69, 9.17) is 9.16 Å². The third kappa shape index (κ3) is 2.93. The molecule has 0 aromatic heterocycles. The van der Waals surface area contributed by atoms with E-state index in [1.165, 1.54) is 12.5 Å². The van der Waals surface area contributed by atoms with Gasteiger partial charge in [-0.2, -0.15) is 0 Å². The molecule has 3 heteroatoms. The Bertz CT molecular complexity index is 123. The van der Waals surface area contributed by atoms with Gasteiger partial charge in [0.05, 0.1) is 0 Å². The van der Waals surface area contributed by atoms with E-state index in [0.29, 0.717) is 0 Å². The summed E-state index contributed by atoms with van der Waals surface area (Å²) in [6.45, 7) is 7.32. The zero-order valence-electron chi connectivity index (χ0n) is 7.72. The lowest BCUT2D eigenvalue weighted by molar-refractivity contribution is -0.0935. The van der Waals surface area contributed by atoms with E-state index in [9.17, 15) is 0 Å². The van der Waals surface area contributed by atoms with Crippen LogP contribution in [-0.2, 0) is 9.16 Å². The number of rotatable bonds is 2. The SMILES string of the molecule is CCOC1CCC[Si](C)(C)O1. The molecule has 1 unspecified atom stereocenters. The second-order valence-corrected chi connectivity index (χ2v) is 7.91. The fourth-order valence-corrected chi connectivity index (χ4v) is 3.54. The first-order chi connectivity index (χ1) is 5.14. The quantitative estimate of drug-likeness (QED) is 0.598. The van der Waals surface area contributed by atoms with Gasteiger partial charge in [-0.15, -0.1) is 0 Å². The topological polar surface area (TPSA) is 18.5 Å². The molecule has 2 nitrogen and oxygen atoms in total. The Kier molecular flexibility index (Phi) is 3.10. The molecule has 66 valence electrons. The molecule has 1 heterocycles. The van der Waals surface area contributed by atoms with Crippen molar-refractivity contribution in [2.75, 3.05) is 6.61 Å². The molecule has 1 atom stereocenters. The monoisotopic (exact) mass is 174 g/mol. The average Bonchev–Trinajstić information content (AvgIpc) is 1.85. The standard InChI is InChI=1S/C8H18O2Si/c1-4-9-8-6-5-7-11(2,3)10-8/h8H,4-7H2,1-3H3. The first-order valence-electron chi connectivity index (χ1n) is 4.43. The average molecular weight is 174 g/mol. The molecular formula is C8H18O2Si. The molecule has 0 aromatic rings. The Morgan fingerprint density at radius 3 is 2.82 bits per heavy atom. The molecule has 0 aliphatic carbocycles. The maximum atomic E-state index is 5.83. The fourth-order valence-electron chi connectivity index (χ4n) is 1.47. The minimum atomic E-state index is -1.32. The van der Waals surface area contributed by atoms with Crippen LogP contribution in [0.2, 0.25) is 19.1 Å². The largest absolute Gasteiger partial charge is 0.393 e. The molecule has 0 amide bonds. The predicted molar refractivity (Wildman–Crippen MR) is 48.0 cm³/mol. The minimum absolute atomic E-state index is 0.107. The third-order valence-electron chi connectivity index (χ3n) is 2.02. The second-order valence-electron chi connectivity index (χ2n) is 3.65. The van der Waals surface area contributed by atoms with Crippen LogP contribution in [0.15, 0.2) is 0 Å². The number of hydrogen-bond donors (Lipinski definition) is 0.